The first-order chi connectivity index (χ1) is 15.2. The molecule has 1 amide bonds. The second kappa shape index (κ2) is 9.76. The van der Waals surface area contributed by atoms with Gasteiger partial charge >= 0.3 is 0 Å². The number of rotatable bonds is 8. The standard InChI is InChI=1S/C22H27N5O4/c1-29-9-10-31-18-11-15(30-2)3-4-16(18)19-21-20(26-13-25-19)17(12-24-21)22(28)27-14-5-7-23-8-6-14/h3-4,11-14,23-24H,5-10H2,1-2H3,(H,27,28). The second-order valence-electron chi connectivity index (χ2n) is 7.35. The van der Waals surface area contributed by atoms with E-state index in [2.05, 4.69) is 25.6 Å². The number of fused-ring (bicyclic) bond motifs is 1. The van der Waals surface area contributed by atoms with E-state index in [1.807, 2.05) is 18.2 Å². The summed E-state index contributed by atoms with van der Waals surface area (Å²) >= 11 is 0. The molecule has 1 aliphatic heterocycles. The van der Waals surface area contributed by atoms with Gasteiger partial charge in [0.1, 0.15) is 35.6 Å². The molecule has 0 bridgehead atoms. The van der Waals surface area contributed by atoms with Crippen molar-refractivity contribution in [2.45, 2.75) is 18.9 Å². The SMILES string of the molecule is COCCOc1cc(OC)ccc1-c1ncnc2c(C(=O)NC3CCNCC3)c[nH]c12. The molecule has 0 spiro atoms. The average Bonchev–Trinajstić information content (AvgIpc) is 3.24. The van der Waals surface area contributed by atoms with E-state index < -0.39 is 0 Å². The van der Waals surface area contributed by atoms with Crippen LogP contribution in [0.15, 0.2) is 30.7 Å². The molecule has 2 aromatic heterocycles. The molecule has 3 heterocycles. The lowest BCUT2D eigenvalue weighted by atomic mass is 10.1. The molecule has 1 aliphatic rings. The normalized spacial score (nSPS) is 14.5. The highest BCUT2D eigenvalue weighted by atomic mass is 16.5. The van der Waals surface area contributed by atoms with Gasteiger partial charge in [-0.1, -0.05) is 0 Å². The van der Waals surface area contributed by atoms with Gasteiger partial charge in [0.05, 0.1) is 24.8 Å². The number of benzene rings is 1. The molecule has 1 fully saturated rings. The molecule has 0 saturated carbocycles. The van der Waals surface area contributed by atoms with Crippen molar-refractivity contribution in [2.75, 3.05) is 40.5 Å². The van der Waals surface area contributed by atoms with Crippen molar-refractivity contribution >= 4 is 16.9 Å². The highest BCUT2D eigenvalue weighted by Crippen LogP contribution is 2.35. The quantitative estimate of drug-likeness (QED) is 0.474. The first kappa shape index (κ1) is 21.1. The largest absolute Gasteiger partial charge is 0.497 e. The van der Waals surface area contributed by atoms with Crippen LogP contribution in [0.5, 0.6) is 11.5 Å². The number of nitrogens with one attached hydrogen (secondary N) is 3. The van der Waals surface area contributed by atoms with Crippen LogP contribution in [0.2, 0.25) is 0 Å². The molecular formula is C22H27N5O4. The lowest BCUT2D eigenvalue weighted by Gasteiger charge is -2.23. The van der Waals surface area contributed by atoms with E-state index in [-0.39, 0.29) is 11.9 Å². The first-order valence-corrected chi connectivity index (χ1v) is 10.3. The average molecular weight is 425 g/mol. The third-order valence-corrected chi connectivity index (χ3v) is 5.37. The lowest BCUT2D eigenvalue weighted by molar-refractivity contribution is 0.0931. The number of piperidine rings is 1. The second-order valence-corrected chi connectivity index (χ2v) is 7.35. The van der Waals surface area contributed by atoms with Gasteiger partial charge in [-0.05, 0) is 38.1 Å². The van der Waals surface area contributed by atoms with Crippen LogP contribution in [0.25, 0.3) is 22.3 Å². The van der Waals surface area contributed by atoms with Crippen molar-refractivity contribution in [3.05, 3.63) is 36.3 Å². The molecule has 31 heavy (non-hydrogen) atoms. The van der Waals surface area contributed by atoms with E-state index in [4.69, 9.17) is 14.2 Å². The number of hydrogen-bond donors (Lipinski definition) is 3. The van der Waals surface area contributed by atoms with Crippen LogP contribution in [0.3, 0.4) is 0 Å². The van der Waals surface area contributed by atoms with Crippen LogP contribution >= 0.6 is 0 Å². The lowest BCUT2D eigenvalue weighted by Crippen LogP contribution is -2.42. The van der Waals surface area contributed by atoms with Gasteiger partial charge in [0, 0.05) is 31.0 Å². The number of amides is 1. The molecule has 1 aromatic carbocycles. The summed E-state index contributed by atoms with van der Waals surface area (Å²) in [6.07, 6.45) is 4.99. The fourth-order valence-electron chi connectivity index (χ4n) is 3.73. The van der Waals surface area contributed by atoms with Gasteiger partial charge < -0.3 is 29.8 Å². The molecule has 9 heteroatoms. The maximum absolute atomic E-state index is 12.9. The van der Waals surface area contributed by atoms with Crippen molar-refractivity contribution in [2.24, 2.45) is 0 Å². The third-order valence-electron chi connectivity index (χ3n) is 5.37. The monoisotopic (exact) mass is 425 g/mol. The zero-order chi connectivity index (χ0) is 21.6. The molecule has 0 radical (unpaired) electrons. The minimum Gasteiger partial charge on any atom is -0.497 e. The Morgan fingerprint density at radius 3 is 2.81 bits per heavy atom. The summed E-state index contributed by atoms with van der Waals surface area (Å²) in [5.41, 5.74) is 3.19. The van der Waals surface area contributed by atoms with Gasteiger partial charge in [0.15, 0.2) is 0 Å². The first-order valence-electron chi connectivity index (χ1n) is 10.3. The third kappa shape index (κ3) is 4.62. The van der Waals surface area contributed by atoms with Gasteiger partial charge in [-0.15, -0.1) is 0 Å². The van der Waals surface area contributed by atoms with Crippen molar-refractivity contribution in [3.63, 3.8) is 0 Å². The van der Waals surface area contributed by atoms with Crippen LogP contribution in [0.4, 0.5) is 0 Å². The highest BCUT2D eigenvalue weighted by molar-refractivity contribution is 6.07. The Morgan fingerprint density at radius 1 is 1.19 bits per heavy atom. The molecule has 9 nitrogen and oxygen atoms in total. The molecule has 3 N–H and O–H groups in total. The Bertz CT molecular complexity index is 1050. The minimum atomic E-state index is -0.130. The van der Waals surface area contributed by atoms with Crippen LogP contribution in [0, 0.1) is 0 Å². The molecule has 4 rings (SSSR count). The number of methoxy groups -OCH3 is 2. The molecule has 0 atom stereocenters. The fourth-order valence-corrected chi connectivity index (χ4v) is 3.73. The predicted octanol–water partition coefficient (Wildman–Crippen LogP) is 2.14. The summed E-state index contributed by atoms with van der Waals surface area (Å²) in [5, 5.41) is 6.42. The van der Waals surface area contributed by atoms with Crippen LogP contribution in [-0.4, -0.2) is 67.4 Å². The van der Waals surface area contributed by atoms with Crippen molar-refractivity contribution < 1.29 is 19.0 Å². The fraction of sp³-hybridized carbons (Fsp3) is 0.409. The smallest absolute Gasteiger partial charge is 0.255 e. The van der Waals surface area contributed by atoms with E-state index in [0.717, 1.165) is 31.5 Å². The number of carbonyl (C=O) groups is 1. The zero-order valence-electron chi connectivity index (χ0n) is 17.7. The van der Waals surface area contributed by atoms with E-state index >= 15 is 0 Å². The minimum absolute atomic E-state index is 0.130. The number of aromatic nitrogens is 3. The maximum atomic E-state index is 12.9. The van der Waals surface area contributed by atoms with E-state index in [1.165, 1.54) is 6.33 Å². The van der Waals surface area contributed by atoms with Crippen molar-refractivity contribution in [3.8, 4) is 22.8 Å². The van der Waals surface area contributed by atoms with Gasteiger partial charge in [-0.25, -0.2) is 9.97 Å². The van der Waals surface area contributed by atoms with Crippen LogP contribution in [0.1, 0.15) is 23.2 Å². The molecular weight excluding hydrogens is 398 g/mol. The summed E-state index contributed by atoms with van der Waals surface area (Å²) in [6, 6.07) is 5.72. The van der Waals surface area contributed by atoms with Gasteiger partial charge in [-0.2, -0.15) is 0 Å². The van der Waals surface area contributed by atoms with Gasteiger partial charge in [-0.3, -0.25) is 4.79 Å². The van der Waals surface area contributed by atoms with Crippen molar-refractivity contribution in [1.82, 2.24) is 25.6 Å². The van der Waals surface area contributed by atoms with E-state index in [1.54, 1.807) is 20.4 Å². The van der Waals surface area contributed by atoms with E-state index in [0.29, 0.717) is 47.0 Å². The highest BCUT2D eigenvalue weighted by Gasteiger charge is 2.22. The molecule has 3 aromatic rings. The Morgan fingerprint density at radius 2 is 2.03 bits per heavy atom. The summed E-state index contributed by atoms with van der Waals surface area (Å²) in [5.74, 6) is 1.16. The molecule has 0 unspecified atom stereocenters. The molecule has 164 valence electrons. The summed E-state index contributed by atoms with van der Waals surface area (Å²) in [6.45, 7) is 2.67. The number of nitrogens with zero attached hydrogens (tertiary/aromatic N) is 2. The van der Waals surface area contributed by atoms with Gasteiger partial charge in [0.25, 0.3) is 5.91 Å². The summed E-state index contributed by atoms with van der Waals surface area (Å²) in [7, 11) is 3.23. The Hall–Kier alpha value is -3.17. The number of ether oxygens (including phenoxy) is 3. The Labute approximate surface area is 180 Å². The van der Waals surface area contributed by atoms with Crippen LogP contribution < -0.4 is 20.1 Å². The van der Waals surface area contributed by atoms with E-state index in [9.17, 15) is 4.79 Å². The Balaban J connectivity index is 1.67. The predicted molar refractivity (Wildman–Crippen MR) is 117 cm³/mol. The number of carbonyl (C=O) groups excluding carboxylic acids is 1. The zero-order valence-corrected chi connectivity index (χ0v) is 17.7. The summed E-state index contributed by atoms with van der Waals surface area (Å²) < 4.78 is 16.3. The molecule has 1 saturated heterocycles. The van der Waals surface area contributed by atoms with Crippen LogP contribution in [-0.2, 0) is 4.74 Å². The number of H-pyrrole nitrogens is 1. The van der Waals surface area contributed by atoms with Crippen molar-refractivity contribution in [1.29, 1.82) is 0 Å². The Kier molecular flexibility index (Phi) is 6.63. The van der Waals surface area contributed by atoms with Gasteiger partial charge in [0.2, 0.25) is 0 Å². The summed E-state index contributed by atoms with van der Waals surface area (Å²) in [4.78, 5) is 24.9. The number of aromatic amines is 1. The molecule has 0 aliphatic carbocycles. The number of hydrogen-bond acceptors (Lipinski definition) is 7. The maximum Gasteiger partial charge on any atom is 0.255 e. The topological polar surface area (TPSA) is 110 Å².